The zero-order valence-corrected chi connectivity index (χ0v) is 14.7. The fourth-order valence-electron chi connectivity index (χ4n) is 2.84. The molecule has 4 rings (SSSR count). The van der Waals surface area contributed by atoms with Gasteiger partial charge >= 0.3 is 6.03 Å². The van der Waals surface area contributed by atoms with Gasteiger partial charge in [0.2, 0.25) is 0 Å². The smallest absolute Gasteiger partial charge is 0.315 e. The molecule has 2 heterocycles. The maximum Gasteiger partial charge on any atom is 0.315 e. The molecule has 1 saturated carbocycles. The number of benzene rings is 1. The van der Waals surface area contributed by atoms with Gasteiger partial charge in [-0.25, -0.2) is 19.2 Å². The number of imidazole rings is 1. The van der Waals surface area contributed by atoms with E-state index in [9.17, 15) is 9.18 Å². The monoisotopic (exact) mass is 371 g/mol. The van der Waals surface area contributed by atoms with E-state index >= 15 is 0 Å². The number of nitrogens with one attached hydrogen (secondary N) is 2. The number of rotatable bonds is 6. The van der Waals surface area contributed by atoms with Crippen LogP contribution in [0.25, 0.3) is 5.69 Å². The molecule has 1 unspecified atom stereocenters. The average Bonchev–Trinajstić information content (AvgIpc) is 3.11. The lowest BCUT2D eigenvalue weighted by molar-refractivity contribution is 0.235. The summed E-state index contributed by atoms with van der Waals surface area (Å²) < 4.78 is 15.9. The Morgan fingerprint density at radius 2 is 2.27 bits per heavy atom. The van der Waals surface area contributed by atoms with Crippen LogP contribution in [0.15, 0.2) is 48.5 Å². The van der Waals surface area contributed by atoms with Crippen molar-refractivity contribution in [3.8, 4) is 5.69 Å². The second kappa shape index (κ2) is 7.25. The van der Waals surface area contributed by atoms with E-state index in [-0.39, 0.29) is 24.4 Å². The van der Waals surface area contributed by atoms with E-state index in [1.807, 2.05) is 5.38 Å². The van der Waals surface area contributed by atoms with Gasteiger partial charge in [-0.15, -0.1) is 11.3 Å². The van der Waals surface area contributed by atoms with Gasteiger partial charge in [-0.2, -0.15) is 0 Å². The topological polar surface area (TPSA) is 71.8 Å². The molecular weight excluding hydrogens is 353 g/mol. The Morgan fingerprint density at radius 3 is 2.92 bits per heavy atom. The Morgan fingerprint density at radius 1 is 1.38 bits per heavy atom. The summed E-state index contributed by atoms with van der Waals surface area (Å²) >= 11 is 1.55. The molecule has 3 aromatic rings. The van der Waals surface area contributed by atoms with Crippen LogP contribution in [0.4, 0.5) is 9.18 Å². The van der Waals surface area contributed by atoms with Crippen molar-refractivity contribution in [2.24, 2.45) is 5.92 Å². The molecule has 1 aromatic carbocycles. The first-order valence-electron chi connectivity index (χ1n) is 8.41. The number of amides is 2. The molecule has 134 valence electrons. The van der Waals surface area contributed by atoms with Crippen LogP contribution in [0.3, 0.4) is 0 Å². The zero-order chi connectivity index (χ0) is 17.9. The van der Waals surface area contributed by atoms with Gasteiger partial charge in [0, 0.05) is 30.5 Å². The highest BCUT2D eigenvalue weighted by Gasteiger charge is 2.34. The van der Waals surface area contributed by atoms with E-state index in [4.69, 9.17) is 0 Å². The van der Waals surface area contributed by atoms with Crippen molar-refractivity contribution in [1.82, 2.24) is 25.2 Å². The van der Waals surface area contributed by atoms with Gasteiger partial charge in [-0.05, 0) is 36.5 Å². The predicted octanol–water partition coefficient (Wildman–Crippen LogP) is 3.42. The van der Waals surface area contributed by atoms with Gasteiger partial charge in [-0.3, -0.25) is 0 Å². The SMILES string of the molecule is O=C(NCc1ccc(-n2ccnc2)c(F)c1)NC(c1nccs1)C1CC1. The Bertz CT molecular complexity index is 877. The summed E-state index contributed by atoms with van der Waals surface area (Å²) in [6.07, 6.45) is 8.77. The standard InChI is InChI=1S/C18H18FN5OS/c19-14-9-12(1-4-15(14)24-7-5-20-11-24)10-22-18(25)23-16(13-2-3-13)17-21-6-8-26-17/h1,4-9,11,13,16H,2-3,10H2,(H2,22,23,25). The van der Waals surface area contributed by atoms with E-state index in [1.165, 1.54) is 6.07 Å². The summed E-state index contributed by atoms with van der Waals surface area (Å²) in [5, 5.41) is 8.63. The number of thiazole rings is 1. The zero-order valence-electron chi connectivity index (χ0n) is 13.9. The number of aromatic nitrogens is 3. The molecule has 1 aliphatic rings. The fraction of sp³-hybridized carbons (Fsp3) is 0.278. The molecule has 0 radical (unpaired) electrons. The second-order valence-electron chi connectivity index (χ2n) is 6.27. The van der Waals surface area contributed by atoms with Gasteiger partial charge in [0.25, 0.3) is 0 Å². The molecule has 26 heavy (non-hydrogen) atoms. The second-order valence-corrected chi connectivity index (χ2v) is 7.19. The fourth-order valence-corrected chi connectivity index (χ4v) is 3.63. The van der Waals surface area contributed by atoms with E-state index in [0.717, 1.165) is 17.8 Å². The Kier molecular flexibility index (Phi) is 4.66. The highest BCUT2D eigenvalue weighted by atomic mass is 32.1. The van der Waals surface area contributed by atoms with Gasteiger partial charge < -0.3 is 15.2 Å². The number of carbonyl (C=O) groups is 1. The molecule has 6 nitrogen and oxygen atoms in total. The number of hydrogen-bond donors (Lipinski definition) is 2. The maximum atomic E-state index is 14.3. The minimum absolute atomic E-state index is 0.0460. The summed E-state index contributed by atoms with van der Waals surface area (Å²) in [6, 6.07) is 4.58. The molecule has 0 aliphatic heterocycles. The maximum absolute atomic E-state index is 14.3. The van der Waals surface area contributed by atoms with Crippen LogP contribution in [0, 0.1) is 11.7 Å². The highest BCUT2D eigenvalue weighted by molar-refractivity contribution is 7.09. The van der Waals surface area contributed by atoms with Crippen LogP contribution in [0.2, 0.25) is 0 Å². The normalized spacial score (nSPS) is 14.8. The molecule has 0 spiro atoms. The van der Waals surface area contributed by atoms with Crippen molar-refractivity contribution in [3.05, 3.63) is 64.9 Å². The largest absolute Gasteiger partial charge is 0.334 e. The van der Waals surface area contributed by atoms with Crippen molar-refractivity contribution in [1.29, 1.82) is 0 Å². The van der Waals surface area contributed by atoms with E-state index in [2.05, 4.69) is 20.6 Å². The van der Waals surface area contributed by atoms with Crippen molar-refractivity contribution in [3.63, 3.8) is 0 Å². The lowest BCUT2D eigenvalue weighted by Gasteiger charge is -2.16. The van der Waals surface area contributed by atoms with E-state index in [1.54, 1.807) is 53.0 Å². The van der Waals surface area contributed by atoms with E-state index in [0.29, 0.717) is 17.2 Å². The minimum Gasteiger partial charge on any atom is -0.334 e. The number of carbonyl (C=O) groups excluding carboxylic acids is 1. The quantitative estimate of drug-likeness (QED) is 0.697. The molecule has 0 bridgehead atoms. The van der Waals surface area contributed by atoms with Crippen molar-refractivity contribution < 1.29 is 9.18 Å². The molecule has 2 aromatic heterocycles. The van der Waals surface area contributed by atoms with Crippen molar-refractivity contribution >= 4 is 17.4 Å². The summed E-state index contributed by atoms with van der Waals surface area (Å²) in [5.74, 6) is 0.0974. The first kappa shape index (κ1) is 16.7. The highest BCUT2D eigenvalue weighted by Crippen LogP contribution is 2.41. The predicted molar refractivity (Wildman–Crippen MR) is 96.5 cm³/mol. The van der Waals surface area contributed by atoms with Crippen molar-refractivity contribution in [2.75, 3.05) is 0 Å². The molecule has 2 amide bonds. The molecule has 1 aliphatic carbocycles. The Balaban J connectivity index is 1.36. The molecule has 0 saturated heterocycles. The molecular formula is C18H18FN5OS. The average molecular weight is 371 g/mol. The van der Waals surface area contributed by atoms with Crippen molar-refractivity contribution in [2.45, 2.75) is 25.4 Å². The number of urea groups is 1. The van der Waals surface area contributed by atoms with Gasteiger partial charge in [-0.1, -0.05) is 6.07 Å². The lowest BCUT2D eigenvalue weighted by Crippen LogP contribution is -2.38. The third-order valence-corrected chi connectivity index (χ3v) is 5.20. The summed E-state index contributed by atoms with van der Waals surface area (Å²) in [7, 11) is 0. The van der Waals surface area contributed by atoms with Gasteiger partial charge in [0.05, 0.1) is 18.1 Å². The third kappa shape index (κ3) is 3.75. The number of halogens is 1. The first-order chi connectivity index (χ1) is 12.7. The van der Waals surface area contributed by atoms with Crippen LogP contribution in [-0.4, -0.2) is 20.6 Å². The van der Waals surface area contributed by atoms with Crippen LogP contribution in [0.5, 0.6) is 0 Å². The molecule has 8 heteroatoms. The lowest BCUT2D eigenvalue weighted by atomic mass is 10.2. The van der Waals surface area contributed by atoms with Crippen LogP contribution < -0.4 is 10.6 Å². The first-order valence-corrected chi connectivity index (χ1v) is 9.29. The Labute approximate surface area is 154 Å². The van der Waals surface area contributed by atoms with Gasteiger partial charge in [0.15, 0.2) is 0 Å². The molecule has 1 atom stereocenters. The van der Waals surface area contributed by atoms with Crippen LogP contribution in [0.1, 0.15) is 29.5 Å². The third-order valence-electron chi connectivity index (χ3n) is 4.35. The van der Waals surface area contributed by atoms with E-state index < -0.39 is 0 Å². The summed E-state index contributed by atoms with van der Waals surface area (Å²) in [6.45, 7) is 0.252. The summed E-state index contributed by atoms with van der Waals surface area (Å²) in [4.78, 5) is 20.5. The summed E-state index contributed by atoms with van der Waals surface area (Å²) in [5.41, 5.74) is 1.12. The van der Waals surface area contributed by atoms with Crippen LogP contribution >= 0.6 is 11.3 Å². The van der Waals surface area contributed by atoms with Crippen LogP contribution in [-0.2, 0) is 6.54 Å². The number of hydrogen-bond acceptors (Lipinski definition) is 4. The molecule has 1 fully saturated rings. The number of nitrogens with zero attached hydrogens (tertiary/aromatic N) is 3. The molecule has 2 N–H and O–H groups in total. The van der Waals surface area contributed by atoms with Gasteiger partial charge in [0.1, 0.15) is 10.8 Å². The minimum atomic E-state index is -0.360. The Hall–Kier alpha value is -2.74.